The lowest BCUT2D eigenvalue weighted by molar-refractivity contribution is 0.0683. The number of hydrogen-bond donors (Lipinski definition) is 1. The van der Waals surface area contributed by atoms with Gasteiger partial charge < -0.3 is 9.67 Å². The normalized spacial score (nSPS) is 10.8. The molecule has 0 aliphatic heterocycles. The molecule has 0 bridgehead atoms. The van der Waals surface area contributed by atoms with E-state index >= 15 is 0 Å². The number of fused-ring (bicyclic) bond motifs is 1. The summed E-state index contributed by atoms with van der Waals surface area (Å²) in [5.74, 6) is -1.32. The van der Waals surface area contributed by atoms with Gasteiger partial charge in [0.1, 0.15) is 0 Å². The fraction of sp³-hybridized carbons (Fsp3) is 0.0714. The summed E-state index contributed by atoms with van der Waals surface area (Å²) in [4.78, 5) is 18.7. The quantitative estimate of drug-likeness (QED) is 0.761. The molecule has 0 atom stereocenters. The number of aryl methyl sites for hydroxylation is 1. The van der Waals surface area contributed by atoms with Crippen molar-refractivity contribution in [1.29, 1.82) is 0 Å². The molecule has 0 aliphatic rings. The summed E-state index contributed by atoms with van der Waals surface area (Å²) in [5.41, 5.74) is 2.55. The lowest BCUT2D eigenvalue weighted by atomic mass is 10.2. The van der Waals surface area contributed by atoms with Crippen LogP contribution >= 0.6 is 0 Å². The Hall–Kier alpha value is -2.69. The SMILES string of the molecule is Cn1c(-c2ccnc(C(=O)O)n2)cc2ccccc21. The zero-order valence-electron chi connectivity index (χ0n) is 10.2. The van der Waals surface area contributed by atoms with Crippen LogP contribution in [0.4, 0.5) is 0 Å². The molecule has 0 amide bonds. The lowest BCUT2D eigenvalue weighted by Gasteiger charge is -2.03. The minimum absolute atomic E-state index is 0.192. The average Bonchev–Trinajstić information content (AvgIpc) is 2.77. The highest BCUT2D eigenvalue weighted by Gasteiger charge is 2.12. The molecule has 19 heavy (non-hydrogen) atoms. The van der Waals surface area contributed by atoms with Crippen molar-refractivity contribution < 1.29 is 9.90 Å². The Bertz CT molecular complexity index is 777. The summed E-state index contributed by atoms with van der Waals surface area (Å²) < 4.78 is 1.99. The van der Waals surface area contributed by atoms with Gasteiger partial charge in [-0.2, -0.15) is 0 Å². The van der Waals surface area contributed by atoms with Gasteiger partial charge in [-0.1, -0.05) is 18.2 Å². The van der Waals surface area contributed by atoms with Crippen LogP contribution in [0.3, 0.4) is 0 Å². The molecule has 0 aliphatic carbocycles. The van der Waals surface area contributed by atoms with E-state index in [1.807, 2.05) is 41.9 Å². The molecule has 1 N–H and O–H groups in total. The van der Waals surface area contributed by atoms with E-state index in [-0.39, 0.29) is 5.82 Å². The first-order chi connectivity index (χ1) is 9.16. The van der Waals surface area contributed by atoms with E-state index in [2.05, 4.69) is 9.97 Å². The molecule has 1 aromatic carbocycles. The molecule has 0 saturated heterocycles. The number of carboxylic acid groups (broad SMARTS) is 1. The van der Waals surface area contributed by atoms with Crippen molar-refractivity contribution in [3.63, 3.8) is 0 Å². The standard InChI is InChI=1S/C14H11N3O2/c1-17-11-5-3-2-4-9(11)8-12(17)10-6-7-15-13(16-10)14(18)19/h2-8H,1H3,(H,18,19). The molecular weight excluding hydrogens is 242 g/mol. The number of aromatic carboxylic acids is 1. The number of para-hydroxylation sites is 1. The smallest absolute Gasteiger partial charge is 0.373 e. The predicted octanol–water partition coefficient (Wildman–Crippen LogP) is 2.33. The Morgan fingerprint density at radius 3 is 2.79 bits per heavy atom. The number of carbonyl (C=O) groups is 1. The first kappa shape index (κ1) is 11.4. The third-order valence-corrected chi connectivity index (χ3v) is 3.06. The van der Waals surface area contributed by atoms with Crippen molar-refractivity contribution in [2.24, 2.45) is 7.05 Å². The van der Waals surface area contributed by atoms with Gasteiger partial charge >= 0.3 is 5.97 Å². The van der Waals surface area contributed by atoms with Crippen molar-refractivity contribution >= 4 is 16.9 Å². The number of rotatable bonds is 2. The molecular formula is C14H11N3O2. The molecule has 0 spiro atoms. The van der Waals surface area contributed by atoms with Gasteiger partial charge in [0.05, 0.1) is 11.4 Å². The number of hydrogen-bond acceptors (Lipinski definition) is 3. The highest BCUT2D eigenvalue weighted by atomic mass is 16.4. The minimum atomic E-state index is -1.12. The third-order valence-electron chi connectivity index (χ3n) is 3.06. The van der Waals surface area contributed by atoms with Gasteiger partial charge in [0.15, 0.2) is 0 Å². The molecule has 0 radical (unpaired) electrons. The molecule has 2 aromatic heterocycles. The molecule has 0 unspecified atom stereocenters. The van der Waals surface area contributed by atoms with Gasteiger partial charge in [-0.05, 0) is 18.2 Å². The Morgan fingerprint density at radius 1 is 1.26 bits per heavy atom. The summed E-state index contributed by atoms with van der Waals surface area (Å²) in [6.07, 6.45) is 1.46. The van der Waals surface area contributed by atoms with Crippen LogP contribution in [0.25, 0.3) is 22.3 Å². The maximum absolute atomic E-state index is 10.9. The van der Waals surface area contributed by atoms with E-state index in [1.165, 1.54) is 6.20 Å². The summed E-state index contributed by atoms with van der Waals surface area (Å²) in [6, 6.07) is 11.7. The topological polar surface area (TPSA) is 68.0 Å². The molecule has 3 rings (SSSR count). The Kier molecular flexibility index (Phi) is 2.52. The van der Waals surface area contributed by atoms with Crippen LogP contribution in [0.5, 0.6) is 0 Å². The second-order valence-corrected chi connectivity index (χ2v) is 4.22. The van der Waals surface area contributed by atoms with Crippen molar-refractivity contribution in [2.75, 3.05) is 0 Å². The Labute approximate surface area is 109 Å². The van der Waals surface area contributed by atoms with E-state index in [9.17, 15) is 4.79 Å². The van der Waals surface area contributed by atoms with Gasteiger partial charge in [-0.25, -0.2) is 14.8 Å². The average molecular weight is 253 g/mol. The fourth-order valence-corrected chi connectivity index (χ4v) is 2.14. The van der Waals surface area contributed by atoms with Crippen molar-refractivity contribution in [3.8, 4) is 11.4 Å². The molecule has 0 fully saturated rings. The monoisotopic (exact) mass is 253 g/mol. The van der Waals surface area contributed by atoms with Crippen LogP contribution in [0.1, 0.15) is 10.6 Å². The molecule has 5 heteroatoms. The van der Waals surface area contributed by atoms with Crippen molar-refractivity contribution in [1.82, 2.24) is 14.5 Å². The van der Waals surface area contributed by atoms with Gasteiger partial charge in [0, 0.05) is 24.1 Å². The minimum Gasteiger partial charge on any atom is -0.475 e. The van der Waals surface area contributed by atoms with Crippen LogP contribution in [0.2, 0.25) is 0 Å². The highest BCUT2D eigenvalue weighted by molar-refractivity contribution is 5.87. The van der Waals surface area contributed by atoms with E-state index in [1.54, 1.807) is 6.07 Å². The summed E-state index contributed by atoms with van der Waals surface area (Å²) in [5, 5.41) is 10.0. The van der Waals surface area contributed by atoms with E-state index < -0.39 is 5.97 Å². The van der Waals surface area contributed by atoms with Crippen LogP contribution < -0.4 is 0 Å². The summed E-state index contributed by atoms with van der Waals surface area (Å²) >= 11 is 0. The second-order valence-electron chi connectivity index (χ2n) is 4.22. The zero-order chi connectivity index (χ0) is 13.4. The fourth-order valence-electron chi connectivity index (χ4n) is 2.14. The molecule has 2 heterocycles. The first-order valence-electron chi connectivity index (χ1n) is 5.78. The van der Waals surface area contributed by atoms with Crippen LogP contribution in [-0.2, 0) is 7.05 Å². The molecule has 3 aromatic rings. The van der Waals surface area contributed by atoms with Crippen LogP contribution in [0, 0.1) is 0 Å². The maximum Gasteiger partial charge on any atom is 0.373 e. The van der Waals surface area contributed by atoms with Gasteiger partial charge in [-0.3, -0.25) is 0 Å². The number of benzene rings is 1. The number of aromatic nitrogens is 3. The van der Waals surface area contributed by atoms with E-state index in [4.69, 9.17) is 5.11 Å². The predicted molar refractivity (Wildman–Crippen MR) is 70.9 cm³/mol. The maximum atomic E-state index is 10.9. The molecule has 94 valence electrons. The van der Waals surface area contributed by atoms with E-state index in [0.717, 1.165) is 16.6 Å². The first-order valence-corrected chi connectivity index (χ1v) is 5.78. The number of carboxylic acids is 1. The summed E-state index contributed by atoms with van der Waals surface area (Å²) in [7, 11) is 1.93. The molecule has 5 nitrogen and oxygen atoms in total. The lowest BCUT2D eigenvalue weighted by Crippen LogP contribution is -2.05. The van der Waals surface area contributed by atoms with E-state index in [0.29, 0.717) is 5.69 Å². The summed E-state index contributed by atoms with van der Waals surface area (Å²) in [6.45, 7) is 0. The Morgan fingerprint density at radius 2 is 2.05 bits per heavy atom. The number of nitrogens with zero attached hydrogens (tertiary/aromatic N) is 3. The highest BCUT2D eigenvalue weighted by Crippen LogP contribution is 2.25. The van der Waals surface area contributed by atoms with Gasteiger partial charge in [0.25, 0.3) is 0 Å². The largest absolute Gasteiger partial charge is 0.475 e. The van der Waals surface area contributed by atoms with Crippen LogP contribution in [-0.4, -0.2) is 25.6 Å². The third kappa shape index (κ3) is 1.85. The molecule has 0 saturated carbocycles. The van der Waals surface area contributed by atoms with Gasteiger partial charge in [-0.15, -0.1) is 0 Å². The van der Waals surface area contributed by atoms with Crippen molar-refractivity contribution in [3.05, 3.63) is 48.4 Å². The Balaban J connectivity index is 2.21. The van der Waals surface area contributed by atoms with Crippen LogP contribution in [0.15, 0.2) is 42.6 Å². The van der Waals surface area contributed by atoms with Gasteiger partial charge in [0.2, 0.25) is 5.82 Å². The van der Waals surface area contributed by atoms with Crippen molar-refractivity contribution in [2.45, 2.75) is 0 Å². The zero-order valence-corrected chi connectivity index (χ0v) is 10.2. The second kappa shape index (κ2) is 4.20.